The number of hydrogen-bond donors (Lipinski definition) is 1. The Morgan fingerprint density at radius 3 is 1.58 bits per heavy atom. The van der Waals surface area contributed by atoms with Gasteiger partial charge in [0.05, 0.1) is 0 Å². The van der Waals surface area contributed by atoms with E-state index in [-0.39, 0.29) is 11.8 Å². The van der Waals surface area contributed by atoms with Gasteiger partial charge in [-0.2, -0.15) is 0 Å². The van der Waals surface area contributed by atoms with Crippen LogP contribution in [0.25, 0.3) is 0 Å². The summed E-state index contributed by atoms with van der Waals surface area (Å²) in [6.45, 7) is 9.98. The molecule has 0 aliphatic heterocycles. The van der Waals surface area contributed by atoms with Crippen molar-refractivity contribution in [2.45, 2.75) is 40.2 Å². The van der Waals surface area contributed by atoms with Gasteiger partial charge < -0.3 is 5.11 Å². The Kier molecular flexibility index (Phi) is 3.91. The van der Waals surface area contributed by atoms with Gasteiger partial charge in [-0.25, -0.2) is 0 Å². The molecule has 0 heterocycles. The predicted octanol–water partition coefficient (Wildman–Crippen LogP) is 2.12. The molecule has 0 saturated heterocycles. The Bertz CT molecular complexity index is 163. The average Bonchev–Trinajstić information content (AvgIpc) is 2.00. The molecule has 0 unspecified atom stereocenters. The van der Waals surface area contributed by atoms with Crippen molar-refractivity contribution in [3.05, 3.63) is 0 Å². The maximum absolute atomic E-state index is 10.3. The molecule has 0 radical (unpaired) electrons. The van der Waals surface area contributed by atoms with Crippen LogP contribution in [0.2, 0.25) is 0 Å². The molecule has 0 spiro atoms. The van der Waals surface area contributed by atoms with E-state index < -0.39 is 5.60 Å². The lowest BCUT2D eigenvalue weighted by Gasteiger charge is -2.36. The van der Waals surface area contributed by atoms with Gasteiger partial charge in [0.2, 0.25) is 0 Å². The summed E-state index contributed by atoms with van der Waals surface area (Å²) in [7, 11) is 1.73. The number of aliphatic imine (C=N–C) groups is 1. The summed E-state index contributed by atoms with van der Waals surface area (Å²) in [6.07, 6.45) is 0. The second-order valence-electron chi connectivity index (χ2n) is 3.94. The molecular weight excluding hydrogens is 150 g/mol. The van der Waals surface area contributed by atoms with Crippen LogP contribution < -0.4 is 0 Å². The highest BCUT2D eigenvalue weighted by molar-refractivity contribution is 5.90. The third kappa shape index (κ3) is 1.86. The summed E-state index contributed by atoms with van der Waals surface area (Å²) in [5.74, 6) is 0.419. The molecule has 2 heteroatoms. The number of aliphatic hydroxyl groups is 1. The SMILES string of the molecule is CN=C(C)C(O)(C(C)C)C(C)C. The van der Waals surface area contributed by atoms with E-state index in [4.69, 9.17) is 0 Å². The molecule has 0 amide bonds. The van der Waals surface area contributed by atoms with Crippen LogP contribution in [-0.2, 0) is 0 Å². The molecule has 0 atom stereocenters. The second-order valence-corrected chi connectivity index (χ2v) is 3.94. The lowest BCUT2D eigenvalue weighted by atomic mass is 9.77. The maximum Gasteiger partial charge on any atom is 0.106 e. The van der Waals surface area contributed by atoms with Gasteiger partial charge in [0, 0.05) is 12.8 Å². The van der Waals surface area contributed by atoms with Crippen molar-refractivity contribution in [3.8, 4) is 0 Å². The lowest BCUT2D eigenvalue weighted by molar-refractivity contribution is 0.0188. The van der Waals surface area contributed by atoms with Gasteiger partial charge in [0.1, 0.15) is 5.60 Å². The van der Waals surface area contributed by atoms with Gasteiger partial charge in [-0.3, -0.25) is 4.99 Å². The molecule has 0 rings (SSSR count). The molecule has 0 aliphatic carbocycles. The van der Waals surface area contributed by atoms with Crippen LogP contribution >= 0.6 is 0 Å². The third-order valence-electron chi connectivity index (χ3n) is 2.68. The van der Waals surface area contributed by atoms with Gasteiger partial charge in [0.15, 0.2) is 0 Å². The second kappa shape index (κ2) is 4.04. The summed E-state index contributed by atoms with van der Waals surface area (Å²) >= 11 is 0. The van der Waals surface area contributed by atoms with E-state index in [1.807, 2.05) is 34.6 Å². The van der Waals surface area contributed by atoms with E-state index in [0.29, 0.717) is 0 Å². The molecule has 0 aromatic rings. The summed E-state index contributed by atoms with van der Waals surface area (Å²) in [5, 5.41) is 10.3. The molecule has 2 nitrogen and oxygen atoms in total. The first-order valence-electron chi connectivity index (χ1n) is 4.53. The average molecular weight is 171 g/mol. The third-order valence-corrected chi connectivity index (χ3v) is 2.68. The van der Waals surface area contributed by atoms with Crippen molar-refractivity contribution in [2.24, 2.45) is 16.8 Å². The zero-order chi connectivity index (χ0) is 9.94. The minimum atomic E-state index is -0.741. The van der Waals surface area contributed by atoms with Crippen molar-refractivity contribution in [1.82, 2.24) is 0 Å². The summed E-state index contributed by atoms with van der Waals surface area (Å²) in [6, 6.07) is 0. The first kappa shape index (κ1) is 11.6. The van der Waals surface area contributed by atoms with Crippen LogP contribution in [0.15, 0.2) is 4.99 Å². The van der Waals surface area contributed by atoms with Gasteiger partial charge in [-0.15, -0.1) is 0 Å². The quantitative estimate of drug-likeness (QED) is 0.648. The van der Waals surface area contributed by atoms with E-state index in [9.17, 15) is 5.11 Å². The fourth-order valence-corrected chi connectivity index (χ4v) is 1.68. The number of rotatable bonds is 3. The Morgan fingerprint density at radius 1 is 1.17 bits per heavy atom. The van der Waals surface area contributed by atoms with Crippen molar-refractivity contribution >= 4 is 5.71 Å². The zero-order valence-electron chi connectivity index (χ0n) is 9.05. The van der Waals surface area contributed by atoms with E-state index in [0.717, 1.165) is 5.71 Å². The summed E-state index contributed by atoms with van der Waals surface area (Å²) in [4.78, 5) is 4.07. The van der Waals surface area contributed by atoms with E-state index in [1.165, 1.54) is 0 Å². The van der Waals surface area contributed by atoms with Crippen LogP contribution in [0.5, 0.6) is 0 Å². The minimum absolute atomic E-state index is 0.209. The van der Waals surface area contributed by atoms with Crippen LogP contribution in [0.3, 0.4) is 0 Å². The minimum Gasteiger partial charge on any atom is -0.383 e. The maximum atomic E-state index is 10.3. The molecule has 0 aromatic heterocycles. The van der Waals surface area contributed by atoms with E-state index in [2.05, 4.69) is 4.99 Å². The molecule has 0 saturated carbocycles. The smallest absolute Gasteiger partial charge is 0.106 e. The molecule has 0 fully saturated rings. The van der Waals surface area contributed by atoms with Crippen molar-refractivity contribution in [3.63, 3.8) is 0 Å². The predicted molar refractivity (Wildman–Crippen MR) is 53.7 cm³/mol. The van der Waals surface area contributed by atoms with Gasteiger partial charge in [0.25, 0.3) is 0 Å². The molecule has 0 bridgehead atoms. The van der Waals surface area contributed by atoms with Crippen LogP contribution in [0.4, 0.5) is 0 Å². The van der Waals surface area contributed by atoms with Crippen LogP contribution in [-0.4, -0.2) is 23.5 Å². The van der Waals surface area contributed by atoms with Gasteiger partial charge in [-0.05, 0) is 18.8 Å². The molecule has 0 aliphatic rings. The molecule has 0 aromatic carbocycles. The highest BCUT2D eigenvalue weighted by atomic mass is 16.3. The standard InChI is InChI=1S/C10H21NO/c1-7(2)10(12,8(3)4)9(5)11-6/h7-8,12H,1-6H3. The van der Waals surface area contributed by atoms with Crippen molar-refractivity contribution in [1.29, 1.82) is 0 Å². The Morgan fingerprint density at radius 2 is 1.50 bits per heavy atom. The van der Waals surface area contributed by atoms with Crippen molar-refractivity contribution < 1.29 is 5.11 Å². The molecule has 1 N–H and O–H groups in total. The Labute approximate surface area is 75.7 Å². The Balaban J connectivity index is 4.88. The van der Waals surface area contributed by atoms with Gasteiger partial charge >= 0.3 is 0 Å². The zero-order valence-corrected chi connectivity index (χ0v) is 9.05. The topological polar surface area (TPSA) is 32.6 Å². The fourth-order valence-electron chi connectivity index (χ4n) is 1.68. The summed E-state index contributed by atoms with van der Waals surface area (Å²) < 4.78 is 0. The van der Waals surface area contributed by atoms with E-state index >= 15 is 0 Å². The number of nitrogens with zero attached hydrogens (tertiary/aromatic N) is 1. The highest BCUT2D eigenvalue weighted by Gasteiger charge is 2.37. The summed E-state index contributed by atoms with van der Waals surface area (Å²) in [5.41, 5.74) is 0.0851. The van der Waals surface area contributed by atoms with Gasteiger partial charge in [-0.1, -0.05) is 27.7 Å². The first-order chi connectivity index (χ1) is 5.37. The lowest BCUT2D eigenvalue weighted by Crippen LogP contribution is -2.47. The van der Waals surface area contributed by atoms with Crippen LogP contribution in [0, 0.1) is 11.8 Å². The fraction of sp³-hybridized carbons (Fsp3) is 0.900. The van der Waals surface area contributed by atoms with E-state index in [1.54, 1.807) is 7.05 Å². The molecule has 72 valence electrons. The molecule has 12 heavy (non-hydrogen) atoms. The normalized spacial score (nSPS) is 14.6. The molecular formula is C10H21NO. The Hall–Kier alpha value is -0.370. The first-order valence-corrected chi connectivity index (χ1v) is 4.53. The monoisotopic (exact) mass is 171 g/mol. The largest absolute Gasteiger partial charge is 0.383 e. The van der Waals surface area contributed by atoms with Crippen LogP contribution in [0.1, 0.15) is 34.6 Å². The van der Waals surface area contributed by atoms with Crippen molar-refractivity contribution in [2.75, 3.05) is 7.05 Å². The highest BCUT2D eigenvalue weighted by Crippen LogP contribution is 2.27. The number of hydrogen-bond acceptors (Lipinski definition) is 2.